The number of rotatable bonds is 3. The number of aryl methyl sites for hydroxylation is 2. The van der Waals surface area contributed by atoms with Crippen molar-refractivity contribution in [3.63, 3.8) is 0 Å². The first kappa shape index (κ1) is 21.3. The molecule has 2 amide bonds. The highest BCUT2D eigenvalue weighted by Crippen LogP contribution is 2.31. The van der Waals surface area contributed by atoms with E-state index in [1.165, 1.54) is 0 Å². The van der Waals surface area contributed by atoms with Crippen LogP contribution >= 0.6 is 0 Å². The van der Waals surface area contributed by atoms with Crippen LogP contribution in [0.2, 0.25) is 0 Å². The number of benzene rings is 1. The van der Waals surface area contributed by atoms with Gasteiger partial charge in [0.25, 0.3) is 5.91 Å². The minimum absolute atomic E-state index is 0.0985. The molecule has 5 rings (SSSR count). The Morgan fingerprint density at radius 3 is 2.47 bits per heavy atom. The molecule has 0 bridgehead atoms. The van der Waals surface area contributed by atoms with Crippen LogP contribution in [0, 0.1) is 6.92 Å². The minimum atomic E-state index is 0.0985. The number of carbonyl (C=O) groups excluding carboxylic acids is 2. The van der Waals surface area contributed by atoms with Crippen LogP contribution in [0.25, 0.3) is 10.9 Å². The van der Waals surface area contributed by atoms with Crippen molar-refractivity contribution in [1.29, 1.82) is 0 Å². The molecule has 0 unspecified atom stereocenters. The molecule has 32 heavy (non-hydrogen) atoms. The zero-order chi connectivity index (χ0) is 22.1. The predicted octanol–water partition coefficient (Wildman–Crippen LogP) is 2.04. The molecule has 0 spiro atoms. The fourth-order valence-electron chi connectivity index (χ4n) is 5.15. The van der Waals surface area contributed by atoms with Gasteiger partial charge in [-0.15, -0.1) is 0 Å². The van der Waals surface area contributed by atoms with E-state index in [1.807, 2.05) is 15.9 Å². The summed E-state index contributed by atoms with van der Waals surface area (Å²) in [7, 11) is 0. The smallest absolute Gasteiger partial charge is 0.255 e. The van der Waals surface area contributed by atoms with Crippen molar-refractivity contribution in [3.8, 4) is 0 Å². The maximum atomic E-state index is 13.8. The molecule has 7 heteroatoms. The third kappa shape index (κ3) is 4.24. The van der Waals surface area contributed by atoms with E-state index >= 15 is 0 Å². The summed E-state index contributed by atoms with van der Waals surface area (Å²) in [4.78, 5) is 37.4. The van der Waals surface area contributed by atoms with Crippen LogP contribution in [-0.2, 0) is 22.4 Å². The van der Waals surface area contributed by atoms with Gasteiger partial charge in [0.05, 0.1) is 30.8 Å². The van der Waals surface area contributed by atoms with Crippen molar-refractivity contribution in [2.75, 3.05) is 59.0 Å². The lowest BCUT2D eigenvalue weighted by Gasteiger charge is -2.37. The number of fused-ring (bicyclic) bond motifs is 2. The molecule has 1 aromatic heterocycles. The molecule has 7 nitrogen and oxygen atoms in total. The summed E-state index contributed by atoms with van der Waals surface area (Å²) in [6.07, 6.45) is 4.11. The number of pyridine rings is 1. The molecule has 0 atom stereocenters. The number of ether oxygens (including phenoxy) is 1. The molecule has 0 N–H and O–H groups in total. The summed E-state index contributed by atoms with van der Waals surface area (Å²) < 4.78 is 5.37. The van der Waals surface area contributed by atoms with Crippen LogP contribution in [0.15, 0.2) is 18.2 Å². The zero-order valence-electron chi connectivity index (χ0n) is 18.9. The van der Waals surface area contributed by atoms with E-state index in [-0.39, 0.29) is 11.8 Å². The molecule has 2 saturated heterocycles. The van der Waals surface area contributed by atoms with Gasteiger partial charge < -0.3 is 14.5 Å². The van der Waals surface area contributed by atoms with Gasteiger partial charge in [-0.3, -0.25) is 19.5 Å². The Bertz CT molecular complexity index is 1020. The monoisotopic (exact) mass is 436 g/mol. The van der Waals surface area contributed by atoms with E-state index < -0.39 is 0 Å². The van der Waals surface area contributed by atoms with Gasteiger partial charge >= 0.3 is 0 Å². The summed E-state index contributed by atoms with van der Waals surface area (Å²) in [5, 5.41) is 0.974. The Kier molecular flexibility index (Phi) is 6.11. The van der Waals surface area contributed by atoms with Gasteiger partial charge in [-0.2, -0.15) is 0 Å². The average molecular weight is 437 g/mol. The quantitative estimate of drug-likeness (QED) is 0.737. The molecule has 170 valence electrons. The third-order valence-corrected chi connectivity index (χ3v) is 7.01. The van der Waals surface area contributed by atoms with Crippen LogP contribution in [0.3, 0.4) is 0 Å². The molecule has 0 radical (unpaired) electrons. The first-order valence-corrected chi connectivity index (χ1v) is 11.9. The number of aromatic nitrogens is 1. The highest BCUT2D eigenvalue weighted by Gasteiger charge is 2.30. The largest absolute Gasteiger partial charge is 0.379 e. The summed E-state index contributed by atoms with van der Waals surface area (Å²) in [6.45, 7) is 7.87. The zero-order valence-corrected chi connectivity index (χ0v) is 18.9. The molecule has 2 fully saturated rings. The number of amides is 2. The Morgan fingerprint density at radius 2 is 1.69 bits per heavy atom. The second kappa shape index (κ2) is 9.16. The number of morpholine rings is 1. The van der Waals surface area contributed by atoms with E-state index in [0.717, 1.165) is 72.1 Å². The highest BCUT2D eigenvalue weighted by atomic mass is 16.5. The fourth-order valence-corrected chi connectivity index (χ4v) is 5.15. The maximum Gasteiger partial charge on any atom is 0.255 e. The third-order valence-electron chi connectivity index (χ3n) is 7.01. The van der Waals surface area contributed by atoms with Gasteiger partial charge in [-0.1, -0.05) is 11.6 Å². The van der Waals surface area contributed by atoms with E-state index in [2.05, 4.69) is 24.0 Å². The number of carbonyl (C=O) groups is 2. The van der Waals surface area contributed by atoms with Gasteiger partial charge in [0, 0.05) is 50.3 Å². The molecular weight excluding hydrogens is 404 g/mol. The van der Waals surface area contributed by atoms with Crippen molar-refractivity contribution in [1.82, 2.24) is 19.7 Å². The van der Waals surface area contributed by atoms with Crippen LogP contribution < -0.4 is 0 Å². The Morgan fingerprint density at radius 1 is 0.969 bits per heavy atom. The van der Waals surface area contributed by atoms with Crippen molar-refractivity contribution < 1.29 is 14.3 Å². The van der Waals surface area contributed by atoms with Crippen LogP contribution in [0.1, 0.15) is 40.0 Å². The summed E-state index contributed by atoms with van der Waals surface area (Å²) in [5.74, 6) is 0.253. The van der Waals surface area contributed by atoms with Crippen molar-refractivity contribution in [3.05, 3.63) is 40.6 Å². The lowest BCUT2D eigenvalue weighted by atomic mass is 9.89. The maximum absolute atomic E-state index is 13.8. The van der Waals surface area contributed by atoms with E-state index in [0.29, 0.717) is 45.9 Å². The lowest BCUT2D eigenvalue weighted by Crippen LogP contribution is -2.53. The van der Waals surface area contributed by atoms with Crippen molar-refractivity contribution in [2.45, 2.75) is 32.6 Å². The van der Waals surface area contributed by atoms with E-state index in [9.17, 15) is 9.59 Å². The number of hydrogen-bond donors (Lipinski definition) is 0. The van der Waals surface area contributed by atoms with Gasteiger partial charge in [0.1, 0.15) is 0 Å². The lowest BCUT2D eigenvalue weighted by molar-refractivity contribution is -0.134. The van der Waals surface area contributed by atoms with Crippen LogP contribution in [-0.4, -0.2) is 90.5 Å². The Balaban J connectivity index is 1.33. The van der Waals surface area contributed by atoms with Gasteiger partial charge in [0.15, 0.2) is 0 Å². The van der Waals surface area contributed by atoms with Crippen molar-refractivity contribution >= 4 is 22.7 Å². The molecular formula is C25H32N4O3. The fraction of sp³-hybridized carbons (Fsp3) is 0.560. The summed E-state index contributed by atoms with van der Waals surface area (Å²) >= 11 is 0. The number of hydrogen-bond acceptors (Lipinski definition) is 5. The van der Waals surface area contributed by atoms with E-state index in [4.69, 9.17) is 9.72 Å². The highest BCUT2D eigenvalue weighted by molar-refractivity contribution is 6.08. The Hall–Kier alpha value is -2.51. The first-order chi connectivity index (χ1) is 15.6. The standard InChI is InChI=1S/C25H32N4O3/c1-18-6-7-22-20(16-18)24(19-4-2-3-5-21(19)26-22)25(31)29-10-8-28(9-11-29)23(30)17-27-12-14-32-15-13-27/h6-7,16H,2-5,8-15,17H2,1H3. The molecule has 1 aliphatic carbocycles. The first-order valence-electron chi connectivity index (χ1n) is 11.9. The molecule has 3 heterocycles. The normalized spacial score (nSPS) is 19.8. The van der Waals surface area contributed by atoms with Crippen LogP contribution in [0.4, 0.5) is 0 Å². The number of nitrogens with zero attached hydrogens (tertiary/aromatic N) is 4. The molecule has 2 aromatic rings. The van der Waals surface area contributed by atoms with Gasteiger partial charge in [-0.25, -0.2) is 0 Å². The second-order valence-electron chi connectivity index (χ2n) is 9.20. The topological polar surface area (TPSA) is 66.0 Å². The SMILES string of the molecule is Cc1ccc2nc3c(c(C(=O)N4CCN(C(=O)CN5CCOCC5)CC4)c2c1)CCCC3. The van der Waals surface area contributed by atoms with Gasteiger partial charge in [-0.05, 0) is 50.3 Å². The van der Waals surface area contributed by atoms with Crippen LogP contribution in [0.5, 0.6) is 0 Å². The average Bonchev–Trinajstić information content (AvgIpc) is 2.83. The molecule has 3 aliphatic rings. The summed E-state index contributed by atoms with van der Waals surface area (Å²) in [6, 6.07) is 6.21. The Labute approximate surface area is 189 Å². The molecule has 2 aliphatic heterocycles. The predicted molar refractivity (Wildman–Crippen MR) is 123 cm³/mol. The molecule has 1 aromatic carbocycles. The van der Waals surface area contributed by atoms with Gasteiger partial charge in [0.2, 0.25) is 5.91 Å². The minimum Gasteiger partial charge on any atom is -0.379 e. The van der Waals surface area contributed by atoms with E-state index in [1.54, 1.807) is 0 Å². The molecule has 0 saturated carbocycles. The summed E-state index contributed by atoms with van der Waals surface area (Å²) in [5.41, 5.74) is 5.14. The number of piperazine rings is 1. The second-order valence-corrected chi connectivity index (χ2v) is 9.20. The van der Waals surface area contributed by atoms with Crippen molar-refractivity contribution in [2.24, 2.45) is 0 Å².